The summed E-state index contributed by atoms with van der Waals surface area (Å²) in [5.41, 5.74) is 0.506. The van der Waals surface area contributed by atoms with Gasteiger partial charge in [0.05, 0.1) is 18.1 Å². The van der Waals surface area contributed by atoms with Crippen molar-refractivity contribution in [2.45, 2.75) is 26.3 Å². The average molecular weight is 430 g/mol. The largest absolute Gasteiger partial charge is 0.452 e. The van der Waals surface area contributed by atoms with Crippen LogP contribution in [0, 0.1) is 0 Å². The van der Waals surface area contributed by atoms with Crippen LogP contribution in [-0.2, 0) is 4.74 Å². The van der Waals surface area contributed by atoms with Crippen molar-refractivity contribution >= 4 is 38.9 Å². The first-order chi connectivity index (χ1) is 12.7. The molecule has 2 aromatic carbocycles. The van der Waals surface area contributed by atoms with E-state index in [0.29, 0.717) is 22.1 Å². The number of fused-ring (bicyclic) bond motifs is 1. The SMILES string of the molecule is COC(=O)N(c1oc2ccc(Br)cc2c(=O)c1-c1ccccc1)C(C)(C)C. The van der Waals surface area contributed by atoms with E-state index in [9.17, 15) is 9.59 Å². The van der Waals surface area contributed by atoms with Crippen LogP contribution in [0.4, 0.5) is 10.7 Å². The molecular formula is C21H20BrNO4. The second-order valence-corrected chi connectivity index (χ2v) is 8.01. The quantitative estimate of drug-likeness (QED) is 0.532. The summed E-state index contributed by atoms with van der Waals surface area (Å²) in [6.45, 7) is 5.55. The molecule has 0 aliphatic heterocycles. The van der Waals surface area contributed by atoms with Crippen LogP contribution >= 0.6 is 15.9 Å². The molecule has 0 aliphatic carbocycles. The zero-order chi connectivity index (χ0) is 19.8. The number of rotatable bonds is 2. The van der Waals surface area contributed by atoms with Gasteiger partial charge in [0.25, 0.3) is 0 Å². The Bertz CT molecular complexity index is 1050. The molecule has 6 heteroatoms. The number of carbonyl (C=O) groups is 1. The molecule has 0 bridgehead atoms. The van der Waals surface area contributed by atoms with Crippen molar-refractivity contribution in [1.82, 2.24) is 0 Å². The Labute approximate surface area is 165 Å². The van der Waals surface area contributed by atoms with Crippen molar-refractivity contribution in [3.8, 4) is 11.1 Å². The minimum atomic E-state index is -0.671. The van der Waals surface area contributed by atoms with Crippen molar-refractivity contribution in [3.05, 3.63) is 63.2 Å². The third-order valence-corrected chi connectivity index (χ3v) is 4.62. The molecule has 140 valence electrons. The van der Waals surface area contributed by atoms with Gasteiger partial charge in [0.1, 0.15) is 5.58 Å². The molecule has 3 aromatic rings. The van der Waals surface area contributed by atoms with Gasteiger partial charge in [0.15, 0.2) is 0 Å². The Balaban J connectivity index is 2.45. The third-order valence-electron chi connectivity index (χ3n) is 4.13. The number of hydrogen-bond acceptors (Lipinski definition) is 4. The van der Waals surface area contributed by atoms with E-state index < -0.39 is 11.6 Å². The minimum Gasteiger partial charge on any atom is -0.452 e. The predicted molar refractivity (Wildman–Crippen MR) is 110 cm³/mol. The Morgan fingerprint density at radius 1 is 1.11 bits per heavy atom. The van der Waals surface area contributed by atoms with Crippen molar-refractivity contribution in [2.24, 2.45) is 0 Å². The standard InChI is InChI=1S/C21H20BrNO4/c1-21(2,3)23(20(25)26-4)19-17(13-8-6-5-7-9-13)18(24)15-12-14(22)10-11-16(15)27-19/h5-12H,1-4H3. The van der Waals surface area contributed by atoms with E-state index in [2.05, 4.69) is 15.9 Å². The molecule has 27 heavy (non-hydrogen) atoms. The van der Waals surface area contributed by atoms with Crippen molar-refractivity contribution < 1.29 is 13.9 Å². The van der Waals surface area contributed by atoms with E-state index >= 15 is 0 Å². The zero-order valence-electron chi connectivity index (χ0n) is 15.6. The molecule has 0 atom stereocenters. The molecule has 0 saturated heterocycles. The van der Waals surface area contributed by atoms with Gasteiger partial charge in [0, 0.05) is 10.0 Å². The van der Waals surface area contributed by atoms with Crippen LogP contribution in [0.2, 0.25) is 0 Å². The molecule has 0 unspecified atom stereocenters. The van der Waals surface area contributed by atoms with E-state index in [-0.39, 0.29) is 11.3 Å². The summed E-state index contributed by atoms with van der Waals surface area (Å²) < 4.78 is 11.8. The highest BCUT2D eigenvalue weighted by Crippen LogP contribution is 2.36. The molecule has 0 spiro atoms. The molecule has 1 heterocycles. The lowest BCUT2D eigenvalue weighted by Crippen LogP contribution is -2.46. The first kappa shape index (κ1) is 19.2. The smallest absolute Gasteiger partial charge is 0.416 e. The Morgan fingerprint density at radius 2 is 1.78 bits per heavy atom. The predicted octanol–water partition coefficient (Wildman–Crippen LogP) is 5.59. The maximum absolute atomic E-state index is 13.4. The zero-order valence-corrected chi connectivity index (χ0v) is 17.2. The van der Waals surface area contributed by atoms with Gasteiger partial charge in [-0.3, -0.25) is 4.79 Å². The van der Waals surface area contributed by atoms with Gasteiger partial charge >= 0.3 is 6.09 Å². The van der Waals surface area contributed by atoms with E-state index in [1.807, 2.05) is 51.1 Å². The Morgan fingerprint density at radius 3 is 2.37 bits per heavy atom. The van der Waals surface area contributed by atoms with Crippen LogP contribution < -0.4 is 10.3 Å². The summed E-state index contributed by atoms with van der Waals surface area (Å²) in [4.78, 5) is 27.3. The number of carbonyl (C=O) groups excluding carboxylic acids is 1. The highest BCUT2D eigenvalue weighted by atomic mass is 79.9. The van der Waals surface area contributed by atoms with E-state index in [4.69, 9.17) is 9.15 Å². The summed E-state index contributed by atoms with van der Waals surface area (Å²) >= 11 is 3.40. The number of benzene rings is 2. The highest BCUT2D eigenvalue weighted by molar-refractivity contribution is 9.10. The van der Waals surface area contributed by atoms with Gasteiger partial charge in [0.2, 0.25) is 11.3 Å². The molecule has 0 aliphatic rings. The molecule has 0 N–H and O–H groups in total. The van der Waals surface area contributed by atoms with Crippen LogP contribution in [0.3, 0.4) is 0 Å². The van der Waals surface area contributed by atoms with Crippen molar-refractivity contribution in [3.63, 3.8) is 0 Å². The lowest BCUT2D eigenvalue weighted by atomic mass is 10.0. The molecule has 1 aromatic heterocycles. The van der Waals surface area contributed by atoms with Gasteiger partial charge in [-0.2, -0.15) is 0 Å². The molecule has 5 nitrogen and oxygen atoms in total. The number of anilines is 1. The van der Waals surface area contributed by atoms with Gasteiger partial charge in [-0.05, 0) is 44.5 Å². The van der Waals surface area contributed by atoms with Crippen LogP contribution in [0.5, 0.6) is 0 Å². The molecular weight excluding hydrogens is 410 g/mol. The normalized spacial score (nSPS) is 11.4. The van der Waals surface area contributed by atoms with Crippen LogP contribution in [0.1, 0.15) is 20.8 Å². The molecule has 0 radical (unpaired) electrons. The number of halogens is 1. The minimum absolute atomic E-state index is 0.167. The third kappa shape index (κ3) is 3.62. The van der Waals surface area contributed by atoms with Crippen LogP contribution in [0.15, 0.2) is 62.2 Å². The maximum Gasteiger partial charge on any atom is 0.416 e. The number of nitrogens with zero attached hydrogens (tertiary/aromatic N) is 1. The number of hydrogen-bond donors (Lipinski definition) is 0. The molecule has 3 rings (SSSR count). The molecule has 1 amide bonds. The van der Waals surface area contributed by atoms with E-state index in [0.717, 1.165) is 4.47 Å². The number of ether oxygens (including phenoxy) is 1. The van der Waals surface area contributed by atoms with E-state index in [1.165, 1.54) is 12.0 Å². The van der Waals surface area contributed by atoms with Gasteiger partial charge in [-0.25, -0.2) is 9.69 Å². The molecule has 0 fully saturated rings. The summed E-state index contributed by atoms with van der Waals surface area (Å²) in [6.07, 6.45) is -0.598. The van der Waals surface area contributed by atoms with Gasteiger partial charge < -0.3 is 9.15 Å². The van der Waals surface area contributed by atoms with Gasteiger partial charge in [-0.15, -0.1) is 0 Å². The van der Waals surface area contributed by atoms with E-state index in [1.54, 1.807) is 18.2 Å². The Kier molecular flexibility index (Phi) is 5.11. The lowest BCUT2D eigenvalue weighted by Gasteiger charge is -2.33. The summed E-state index contributed by atoms with van der Waals surface area (Å²) in [7, 11) is 1.31. The first-order valence-corrected chi connectivity index (χ1v) is 9.23. The second kappa shape index (κ2) is 7.19. The van der Waals surface area contributed by atoms with Gasteiger partial charge in [-0.1, -0.05) is 46.3 Å². The fourth-order valence-corrected chi connectivity index (χ4v) is 3.29. The van der Waals surface area contributed by atoms with Crippen LogP contribution in [0.25, 0.3) is 22.1 Å². The number of amides is 1. The Hall–Kier alpha value is -2.60. The first-order valence-electron chi connectivity index (χ1n) is 8.44. The summed E-state index contributed by atoms with van der Waals surface area (Å²) in [5, 5.41) is 0.436. The number of methoxy groups -OCH3 is 1. The maximum atomic E-state index is 13.4. The highest BCUT2D eigenvalue weighted by Gasteiger charge is 2.34. The van der Waals surface area contributed by atoms with Crippen LogP contribution in [-0.4, -0.2) is 18.7 Å². The fourth-order valence-electron chi connectivity index (χ4n) is 2.93. The van der Waals surface area contributed by atoms with Crippen molar-refractivity contribution in [1.29, 1.82) is 0 Å². The fraction of sp³-hybridized carbons (Fsp3) is 0.238. The monoisotopic (exact) mass is 429 g/mol. The average Bonchev–Trinajstić information content (AvgIpc) is 2.62. The summed E-state index contributed by atoms with van der Waals surface area (Å²) in [6, 6.07) is 14.4. The second-order valence-electron chi connectivity index (χ2n) is 7.09. The lowest BCUT2D eigenvalue weighted by molar-refractivity contribution is 0.171. The molecule has 0 saturated carbocycles. The summed E-state index contributed by atoms with van der Waals surface area (Å²) in [5.74, 6) is 0.167. The van der Waals surface area contributed by atoms with Crippen molar-refractivity contribution in [2.75, 3.05) is 12.0 Å². The topological polar surface area (TPSA) is 59.8 Å².